The molecule has 7 heteroatoms. The van der Waals surface area contributed by atoms with Gasteiger partial charge in [-0.2, -0.15) is 0 Å². The first-order valence-corrected chi connectivity index (χ1v) is 7.34. The average molecular weight is 322 g/mol. The van der Waals surface area contributed by atoms with E-state index in [4.69, 9.17) is 9.84 Å². The third-order valence-corrected chi connectivity index (χ3v) is 3.22. The number of hydrogen-bond acceptors (Lipinski definition) is 4. The van der Waals surface area contributed by atoms with Gasteiger partial charge in [-0.15, -0.1) is 0 Å². The van der Waals surface area contributed by atoms with Crippen LogP contribution in [0.1, 0.15) is 48.5 Å². The number of carboxylic acids is 1. The molecule has 0 radical (unpaired) electrons. The van der Waals surface area contributed by atoms with E-state index in [0.717, 1.165) is 5.56 Å². The minimum atomic E-state index is -0.913. The van der Waals surface area contributed by atoms with E-state index in [0.29, 0.717) is 12.1 Å². The zero-order chi connectivity index (χ0) is 17.4. The first-order valence-electron chi connectivity index (χ1n) is 7.34. The molecule has 23 heavy (non-hydrogen) atoms. The zero-order valence-electron chi connectivity index (χ0n) is 13.5. The van der Waals surface area contributed by atoms with Crippen LogP contribution in [0.15, 0.2) is 18.2 Å². The molecule has 0 spiro atoms. The summed E-state index contributed by atoms with van der Waals surface area (Å²) in [6, 6.07) is 4.67. The number of ether oxygens (including phenoxy) is 1. The normalized spacial score (nSPS) is 10.3. The lowest BCUT2D eigenvalue weighted by Crippen LogP contribution is -2.30. The second-order valence-electron chi connectivity index (χ2n) is 5.33. The molecule has 1 aromatic carbocycles. The zero-order valence-corrected chi connectivity index (χ0v) is 13.5. The van der Waals surface area contributed by atoms with E-state index in [1.54, 1.807) is 12.1 Å². The van der Waals surface area contributed by atoms with Crippen LogP contribution in [0.4, 0.5) is 10.5 Å². The summed E-state index contributed by atoms with van der Waals surface area (Å²) in [7, 11) is 1.28. The van der Waals surface area contributed by atoms with Gasteiger partial charge in [0, 0.05) is 13.0 Å². The molecule has 0 bridgehead atoms. The number of carbonyl (C=O) groups is 3. The van der Waals surface area contributed by atoms with Crippen LogP contribution in [0.5, 0.6) is 0 Å². The number of rotatable bonds is 7. The lowest BCUT2D eigenvalue weighted by Gasteiger charge is -2.13. The number of hydrogen-bond donors (Lipinski definition) is 3. The predicted octanol–water partition coefficient (Wildman–Crippen LogP) is 2.58. The molecule has 0 aliphatic rings. The molecule has 0 aromatic heterocycles. The molecular weight excluding hydrogens is 300 g/mol. The summed E-state index contributed by atoms with van der Waals surface area (Å²) in [6.45, 7) is 4.23. The minimum absolute atomic E-state index is 0.0171. The maximum atomic E-state index is 11.9. The predicted molar refractivity (Wildman–Crippen MR) is 85.8 cm³/mol. The van der Waals surface area contributed by atoms with Crippen LogP contribution < -0.4 is 10.6 Å². The van der Waals surface area contributed by atoms with Crippen molar-refractivity contribution in [3.63, 3.8) is 0 Å². The SMILES string of the molecule is COC(=O)c1cc(C(C)C)ccc1NC(=O)NCCCC(=O)O. The van der Waals surface area contributed by atoms with E-state index in [1.807, 2.05) is 19.9 Å². The van der Waals surface area contributed by atoms with Crippen molar-refractivity contribution >= 4 is 23.7 Å². The highest BCUT2D eigenvalue weighted by atomic mass is 16.5. The van der Waals surface area contributed by atoms with Gasteiger partial charge in [0.2, 0.25) is 0 Å². The summed E-state index contributed by atoms with van der Waals surface area (Å²) in [5.74, 6) is -1.21. The van der Waals surface area contributed by atoms with Crippen LogP contribution in [-0.2, 0) is 9.53 Å². The van der Waals surface area contributed by atoms with Gasteiger partial charge in [-0.05, 0) is 30.0 Å². The second kappa shape index (κ2) is 8.77. The molecule has 2 amide bonds. The van der Waals surface area contributed by atoms with Gasteiger partial charge in [0.05, 0.1) is 18.4 Å². The number of methoxy groups -OCH3 is 1. The van der Waals surface area contributed by atoms with Crippen LogP contribution in [0.3, 0.4) is 0 Å². The standard InChI is InChI=1S/C16H22N2O5/c1-10(2)11-6-7-13(12(9-11)15(21)23-3)18-16(22)17-8-4-5-14(19)20/h6-7,9-10H,4-5,8H2,1-3H3,(H,19,20)(H2,17,18,22). The molecule has 0 saturated heterocycles. The van der Waals surface area contributed by atoms with Crippen molar-refractivity contribution in [1.82, 2.24) is 5.32 Å². The van der Waals surface area contributed by atoms with Gasteiger partial charge in [0.1, 0.15) is 0 Å². The summed E-state index contributed by atoms with van der Waals surface area (Å²) in [6.07, 6.45) is 0.315. The van der Waals surface area contributed by atoms with Gasteiger partial charge < -0.3 is 20.5 Å². The van der Waals surface area contributed by atoms with E-state index >= 15 is 0 Å². The van der Waals surface area contributed by atoms with Crippen molar-refractivity contribution < 1.29 is 24.2 Å². The maximum Gasteiger partial charge on any atom is 0.339 e. The molecule has 0 heterocycles. The van der Waals surface area contributed by atoms with Gasteiger partial charge in [-0.3, -0.25) is 4.79 Å². The monoisotopic (exact) mass is 322 g/mol. The highest BCUT2D eigenvalue weighted by molar-refractivity contribution is 6.01. The smallest absolute Gasteiger partial charge is 0.339 e. The number of amides is 2. The van der Waals surface area contributed by atoms with Crippen LogP contribution in [0, 0.1) is 0 Å². The molecule has 1 rings (SSSR count). The van der Waals surface area contributed by atoms with E-state index in [-0.39, 0.29) is 24.4 Å². The number of benzene rings is 1. The lowest BCUT2D eigenvalue weighted by molar-refractivity contribution is -0.137. The number of esters is 1. The molecule has 126 valence electrons. The topological polar surface area (TPSA) is 105 Å². The first-order chi connectivity index (χ1) is 10.8. The molecule has 3 N–H and O–H groups in total. The van der Waals surface area contributed by atoms with E-state index in [1.165, 1.54) is 7.11 Å². The minimum Gasteiger partial charge on any atom is -0.481 e. The van der Waals surface area contributed by atoms with Crippen LogP contribution in [-0.4, -0.2) is 36.7 Å². The molecule has 0 aliphatic heterocycles. The Kier molecular flexibility index (Phi) is 7.05. The second-order valence-corrected chi connectivity index (χ2v) is 5.33. The molecule has 0 aliphatic carbocycles. The van der Waals surface area contributed by atoms with Crippen molar-refractivity contribution in [3.8, 4) is 0 Å². The highest BCUT2D eigenvalue weighted by Gasteiger charge is 2.15. The Hall–Kier alpha value is -2.57. The molecule has 7 nitrogen and oxygen atoms in total. The Balaban J connectivity index is 2.76. The fraction of sp³-hybridized carbons (Fsp3) is 0.438. The van der Waals surface area contributed by atoms with Crippen molar-refractivity contribution in [2.75, 3.05) is 19.0 Å². The van der Waals surface area contributed by atoms with Crippen molar-refractivity contribution in [2.45, 2.75) is 32.6 Å². The average Bonchev–Trinajstić information content (AvgIpc) is 2.50. The third kappa shape index (κ3) is 5.98. The number of carbonyl (C=O) groups excluding carboxylic acids is 2. The molecule has 0 atom stereocenters. The first kappa shape index (κ1) is 18.5. The van der Waals surface area contributed by atoms with Gasteiger partial charge >= 0.3 is 18.0 Å². The van der Waals surface area contributed by atoms with Gasteiger partial charge in [-0.1, -0.05) is 19.9 Å². The van der Waals surface area contributed by atoms with Crippen LogP contribution >= 0.6 is 0 Å². The third-order valence-electron chi connectivity index (χ3n) is 3.22. The number of nitrogens with one attached hydrogen (secondary N) is 2. The Morgan fingerprint density at radius 3 is 2.52 bits per heavy atom. The summed E-state index contributed by atoms with van der Waals surface area (Å²) in [4.78, 5) is 34.1. The van der Waals surface area contributed by atoms with Crippen LogP contribution in [0.2, 0.25) is 0 Å². The summed E-state index contributed by atoms with van der Waals surface area (Å²) < 4.78 is 4.74. The molecular formula is C16H22N2O5. The van der Waals surface area contributed by atoms with E-state index in [2.05, 4.69) is 10.6 Å². The summed E-state index contributed by atoms with van der Waals surface area (Å²) in [5, 5.41) is 13.7. The summed E-state index contributed by atoms with van der Waals surface area (Å²) >= 11 is 0. The fourth-order valence-corrected chi connectivity index (χ4v) is 1.92. The maximum absolute atomic E-state index is 11.9. The van der Waals surface area contributed by atoms with Crippen molar-refractivity contribution in [1.29, 1.82) is 0 Å². The summed E-state index contributed by atoms with van der Waals surface area (Å²) in [5.41, 5.74) is 1.58. The van der Waals surface area contributed by atoms with Gasteiger partial charge in [0.15, 0.2) is 0 Å². The highest BCUT2D eigenvalue weighted by Crippen LogP contribution is 2.23. The number of urea groups is 1. The molecule has 0 saturated carbocycles. The van der Waals surface area contributed by atoms with E-state index < -0.39 is 18.0 Å². The molecule has 0 unspecified atom stereocenters. The van der Waals surface area contributed by atoms with Gasteiger partial charge in [0.25, 0.3) is 0 Å². The Morgan fingerprint density at radius 2 is 1.96 bits per heavy atom. The van der Waals surface area contributed by atoms with Crippen LogP contribution in [0.25, 0.3) is 0 Å². The Labute approximate surface area is 135 Å². The van der Waals surface area contributed by atoms with Crippen molar-refractivity contribution in [2.24, 2.45) is 0 Å². The number of carboxylic acid groups (broad SMARTS) is 1. The lowest BCUT2D eigenvalue weighted by atomic mass is 9.99. The fourth-order valence-electron chi connectivity index (χ4n) is 1.92. The molecule has 1 aromatic rings. The van der Waals surface area contributed by atoms with Crippen molar-refractivity contribution in [3.05, 3.63) is 29.3 Å². The number of anilines is 1. The quantitative estimate of drug-likeness (QED) is 0.528. The Morgan fingerprint density at radius 1 is 1.26 bits per heavy atom. The van der Waals surface area contributed by atoms with Gasteiger partial charge in [-0.25, -0.2) is 9.59 Å². The largest absolute Gasteiger partial charge is 0.481 e. The molecule has 0 fully saturated rings. The Bertz CT molecular complexity index is 584. The number of aliphatic carboxylic acids is 1. The van der Waals surface area contributed by atoms with E-state index in [9.17, 15) is 14.4 Å².